The van der Waals surface area contributed by atoms with Gasteiger partial charge in [0.2, 0.25) is 11.8 Å². The first kappa shape index (κ1) is 19.8. The van der Waals surface area contributed by atoms with E-state index < -0.39 is 0 Å². The van der Waals surface area contributed by atoms with Gasteiger partial charge in [-0.05, 0) is 30.5 Å². The van der Waals surface area contributed by atoms with Gasteiger partial charge in [-0.25, -0.2) is 0 Å². The fraction of sp³-hybridized carbons (Fsp3) is 0.600. The Morgan fingerprint density at radius 1 is 1.00 bits per heavy atom. The SMILES string of the molecule is CCCC(=O)N1CCCN(C(=O)Cc2ccc(SC(C)C)cc2)CC1. The van der Waals surface area contributed by atoms with Crippen molar-refractivity contribution < 1.29 is 9.59 Å². The summed E-state index contributed by atoms with van der Waals surface area (Å²) in [5, 5.41) is 0.558. The summed E-state index contributed by atoms with van der Waals surface area (Å²) in [6.07, 6.45) is 2.79. The average molecular weight is 363 g/mol. The third-order valence-corrected chi connectivity index (χ3v) is 5.33. The molecule has 0 atom stereocenters. The predicted octanol–water partition coefficient (Wildman–Crippen LogP) is 3.59. The normalized spacial score (nSPS) is 15.4. The Bertz CT molecular complexity index is 572. The Morgan fingerprint density at radius 3 is 2.16 bits per heavy atom. The van der Waals surface area contributed by atoms with Crippen molar-refractivity contribution in [1.82, 2.24) is 9.80 Å². The van der Waals surface area contributed by atoms with Crippen LogP contribution in [0.3, 0.4) is 0 Å². The molecule has 1 saturated heterocycles. The molecule has 4 nitrogen and oxygen atoms in total. The van der Waals surface area contributed by atoms with Gasteiger partial charge < -0.3 is 9.80 Å². The molecule has 5 heteroatoms. The third kappa shape index (κ3) is 6.38. The van der Waals surface area contributed by atoms with Gasteiger partial charge in [0, 0.05) is 42.7 Å². The Hall–Kier alpha value is -1.49. The first-order valence-corrected chi connectivity index (χ1v) is 10.2. The molecule has 0 spiro atoms. The summed E-state index contributed by atoms with van der Waals surface area (Å²) < 4.78 is 0. The zero-order chi connectivity index (χ0) is 18.2. The number of hydrogen-bond acceptors (Lipinski definition) is 3. The van der Waals surface area contributed by atoms with Crippen molar-refractivity contribution in [1.29, 1.82) is 0 Å². The second kappa shape index (κ2) is 9.85. The number of carbonyl (C=O) groups excluding carboxylic acids is 2. The second-order valence-electron chi connectivity index (χ2n) is 6.85. The van der Waals surface area contributed by atoms with E-state index in [9.17, 15) is 9.59 Å². The standard InChI is InChI=1S/C20H30N2O2S/c1-4-6-19(23)21-11-5-12-22(14-13-21)20(24)15-17-7-9-18(10-8-17)25-16(2)3/h7-10,16H,4-6,11-15H2,1-3H3. The van der Waals surface area contributed by atoms with E-state index >= 15 is 0 Å². The van der Waals surface area contributed by atoms with Crippen LogP contribution < -0.4 is 0 Å². The molecular formula is C20H30N2O2S. The predicted molar refractivity (Wildman–Crippen MR) is 104 cm³/mol. The number of hydrogen-bond donors (Lipinski definition) is 0. The highest BCUT2D eigenvalue weighted by Crippen LogP contribution is 2.23. The van der Waals surface area contributed by atoms with Crippen LogP contribution in [0.4, 0.5) is 0 Å². The zero-order valence-electron chi connectivity index (χ0n) is 15.7. The van der Waals surface area contributed by atoms with Crippen LogP contribution in [0.15, 0.2) is 29.2 Å². The van der Waals surface area contributed by atoms with Gasteiger partial charge in [0.05, 0.1) is 6.42 Å². The van der Waals surface area contributed by atoms with Crippen LogP contribution in [-0.4, -0.2) is 53.0 Å². The van der Waals surface area contributed by atoms with E-state index in [0.29, 0.717) is 31.2 Å². The molecular weight excluding hydrogens is 332 g/mol. The van der Waals surface area contributed by atoms with Gasteiger partial charge in [-0.3, -0.25) is 9.59 Å². The lowest BCUT2D eigenvalue weighted by molar-refractivity contribution is -0.133. The van der Waals surface area contributed by atoms with Crippen LogP contribution in [-0.2, 0) is 16.0 Å². The highest BCUT2D eigenvalue weighted by molar-refractivity contribution is 7.99. The van der Waals surface area contributed by atoms with Crippen LogP contribution in [0.2, 0.25) is 0 Å². The Balaban J connectivity index is 1.87. The van der Waals surface area contributed by atoms with Crippen LogP contribution >= 0.6 is 11.8 Å². The van der Waals surface area contributed by atoms with Gasteiger partial charge in [0.25, 0.3) is 0 Å². The minimum absolute atomic E-state index is 0.161. The summed E-state index contributed by atoms with van der Waals surface area (Å²) in [7, 11) is 0. The summed E-state index contributed by atoms with van der Waals surface area (Å²) in [4.78, 5) is 29.7. The van der Waals surface area contributed by atoms with Crippen molar-refractivity contribution in [2.75, 3.05) is 26.2 Å². The Morgan fingerprint density at radius 2 is 1.60 bits per heavy atom. The summed E-state index contributed by atoms with van der Waals surface area (Å²) in [5.74, 6) is 0.379. The molecule has 1 heterocycles. The first-order valence-electron chi connectivity index (χ1n) is 9.30. The van der Waals surface area contributed by atoms with E-state index in [2.05, 4.69) is 38.1 Å². The van der Waals surface area contributed by atoms with E-state index in [1.165, 1.54) is 4.90 Å². The molecule has 1 aromatic carbocycles. The molecule has 1 aliphatic heterocycles. The maximum Gasteiger partial charge on any atom is 0.227 e. The third-order valence-electron chi connectivity index (χ3n) is 4.32. The summed E-state index contributed by atoms with van der Waals surface area (Å²) in [6, 6.07) is 8.30. The molecule has 1 aromatic rings. The maximum atomic E-state index is 12.6. The fourth-order valence-corrected chi connectivity index (χ4v) is 3.87. The summed E-state index contributed by atoms with van der Waals surface area (Å²) in [5.41, 5.74) is 1.06. The number of rotatable bonds is 6. The van der Waals surface area contributed by atoms with E-state index in [1.54, 1.807) is 0 Å². The topological polar surface area (TPSA) is 40.6 Å². The first-order chi connectivity index (χ1) is 12.0. The molecule has 0 bridgehead atoms. The molecule has 1 aliphatic rings. The van der Waals surface area contributed by atoms with Crippen molar-refractivity contribution in [2.24, 2.45) is 0 Å². The van der Waals surface area contributed by atoms with Crippen molar-refractivity contribution in [3.8, 4) is 0 Å². The maximum absolute atomic E-state index is 12.6. The molecule has 0 radical (unpaired) electrons. The number of thioether (sulfide) groups is 1. The summed E-state index contributed by atoms with van der Waals surface area (Å²) >= 11 is 1.83. The number of nitrogens with zero attached hydrogens (tertiary/aromatic N) is 2. The smallest absolute Gasteiger partial charge is 0.227 e. The van der Waals surface area contributed by atoms with Crippen LogP contribution in [0.25, 0.3) is 0 Å². The fourth-order valence-electron chi connectivity index (χ4n) is 3.03. The molecule has 0 N–H and O–H groups in total. The lowest BCUT2D eigenvalue weighted by Crippen LogP contribution is -2.37. The molecule has 25 heavy (non-hydrogen) atoms. The van der Waals surface area contributed by atoms with Crippen molar-refractivity contribution in [3.05, 3.63) is 29.8 Å². The van der Waals surface area contributed by atoms with Gasteiger partial charge in [-0.1, -0.05) is 32.9 Å². The van der Waals surface area contributed by atoms with E-state index in [-0.39, 0.29) is 11.8 Å². The molecule has 138 valence electrons. The molecule has 0 unspecified atom stereocenters. The van der Waals surface area contributed by atoms with Gasteiger partial charge in [-0.15, -0.1) is 11.8 Å². The number of carbonyl (C=O) groups is 2. The molecule has 0 aromatic heterocycles. The number of amides is 2. The molecule has 0 saturated carbocycles. The summed E-state index contributed by atoms with van der Waals surface area (Å²) in [6.45, 7) is 9.20. The van der Waals surface area contributed by atoms with E-state index in [4.69, 9.17) is 0 Å². The molecule has 2 amide bonds. The second-order valence-corrected chi connectivity index (χ2v) is 8.50. The van der Waals surface area contributed by atoms with Crippen LogP contribution in [0.1, 0.15) is 45.6 Å². The Labute approximate surface area is 156 Å². The van der Waals surface area contributed by atoms with Gasteiger partial charge in [-0.2, -0.15) is 0 Å². The molecule has 2 rings (SSSR count). The van der Waals surface area contributed by atoms with Gasteiger partial charge in [0.15, 0.2) is 0 Å². The van der Waals surface area contributed by atoms with Crippen molar-refractivity contribution in [2.45, 2.75) is 56.6 Å². The highest BCUT2D eigenvalue weighted by Gasteiger charge is 2.21. The lowest BCUT2D eigenvalue weighted by atomic mass is 10.1. The monoisotopic (exact) mass is 362 g/mol. The van der Waals surface area contributed by atoms with Crippen molar-refractivity contribution in [3.63, 3.8) is 0 Å². The van der Waals surface area contributed by atoms with E-state index in [1.807, 2.05) is 28.5 Å². The quantitative estimate of drug-likeness (QED) is 0.726. The van der Waals surface area contributed by atoms with E-state index in [0.717, 1.165) is 31.5 Å². The zero-order valence-corrected chi connectivity index (χ0v) is 16.5. The minimum Gasteiger partial charge on any atom is -0.341 e. The van der Waals surface area contributed by atoms with Crippen LogP contribution in [0, 0.1) is 0 Å². The van der Waals surface area contributed by atoms with Crippen molar-refractivity contribution >= 4 is 23.6 Å². The number of benzene rings is 1. The molecule has 0 aliphatic carbocycles. The van der Waals surface area contributed by atoms with Crippen LogP contribution in [0.5, 0.6) is 0 Å². The minimum atomic E-state index is 0.161. The highest BCUT2D eigenvalue weighted by atomic mass is 32.2. The Kier molecular flexibility index (Phi) is 7.82. The average Bonchev–Trinajstić information content (AvgIpc) is 2.82. The van der Waals surface area contributed by atoms with Gasteiger partial charge >= 0.3 is 0 Å². The largest absolute Gasteiger partial charge is 0.341 e. The molecule has 1 fully saturated rings. The lowest BCUT2D eigenvalue weighted by Gasteiger charge is -2.22. The van der Waals surface area contributed by atoms with Gasteiger partial charge in [0.1, 0.15) is 0 Å².